The maximum atomic E-state index is 13.3. The van der Waals surface area contributed by atoms with Crippen LogP contribution in [0, 0.1) is 5.92 Å². The molecule has 1 amide bonds. The van der Waals surface area contributed by atoms with E-state index < -0.39 is 24.1 Å². The molecule has 0 fully saturated rings. The van der Waals surface area contributed by atoms with Gasteiger partial charge in [-0.25, -0.2) is 14.4 Å². The summed E-state index contributed by atoms with van der Waals surface area (Å²) >= 11 is 0. The molecule has 0 saturated carbocycles. The van der Waals surface area contributed by atoms with Gasteiger partial charge in [-0.05, 0) is 22.6 Å². The zero-order chi connectivity index (χ0) is 26.5. The van der Waals surface area contributed by atoms with Gasteiger partial charge in [0.05, 0.1) is 0 Å². The van der Waals surface area contributed by atoms with Crippen molar-refractivity contribution in [3.63, 3.8) is 0 Å². The first-order valence-corrected chi connectivity index (χ1v) is 12.4. The zero-order valence-corrected chi connectivity index (χ0v) is 21.2. The van der Waals surface area contributed by atoms with Crippen LogP contribution in [0.25, 0.3) is 0 Å². The lowest BCUT2D eigenvalue weighted by Gasteiger charge is -2.30. The number of benzene rings is 3. The number of amides is 1. The van der Waals surface area contributed by atoms with E-state index in [1.165, 1.54) is 0 Å². The van der Waals surface area contributed by atoms with Crippen LogP contribution in [0.3, 0.4) is 0 Å². The maximum absolute atomic E-state index is 13.3. The van der Waals surface area contributed by atoms with Crippen molar-refractivity contribution in [3.8, 4) is 0 Å². The molecule has 1 unspecified atom stereocenters. The Labute approximate surface area is 218 Å². The molecule has 0 radical (unpaired) electrons. The van der Waals surface area contributed by atoms with Gasteiger partial charge in [-0.1, -0.05) is 111 Å². The Morgan fingerprint density at radius 3 is 1.41 bits per heavy atom. The minimum atomic E-state index is -1.61. The minimum Gasteiger partial charge on any atom is -0.459 e. The lowest BCUT2D eigenvalue weighted by Crippen LogP contribution is -2.52. The fourth-order valence-electron chi connectivity index (χ4n) is 3.52. The van der Waals surface area contributed by atoms with E-state index in [2.05, 4.69) is 0 Å². The van der Waals surface area contributed by atoms with Crippen molar-refractivity contribution in [2.24, 2.45) is 5.92 Å². The summed E-state index contributed by atoms with van der Waals surface area (Å²) in [6.07, 6.45) is -0.0599. The highest BCUT2D eigenvalue weighted by Gasteiger charge is 2.40. The first-order valence-electron chi connectivity index (χ1n) is 12.4. The van der Waals surface area contributed by atoms with Gasteiger partial charge in [0.15, 0.2) is 0 Å². The number of hydrogen-bond donors (Lipinski definition) is 0. The summed E-state index contributed by atoms with van der Waals surface area (Å²) in [5.41, 5.74) is 2.30. The van der Waals surface area contributed by atoms with Crippen LogP contribution >= 0.6 is 0 Å². The maximum Gasteiger partial charge on any atom is 0.411 e. The average Bonchev–Trinajstić information content (AvgIpc) is 2.94. The molecule has 0 bridgehead atoms. The first kappa shape index (κ1) is 27.5. The van der Waals surface area contributed by atoms with Crippen LogP contribution < -0.4 is 0 Å². The highest BCUT2D eigenvalue weighted by molar-refractivity contribution is 6.01. The Hall–Kier alpha value is -4.13. The quantitative estimate of drug-likeness (QED) is 0.184. The summed E-state index contributed by atoms with van der Waals surface area (Å²) in [5.74, 6) is -1.75. The number of hydrogen-bond acceptors (Lipinski definition) is 6. The van der Waals surface area contributed by atoms with Gasteiger partial charge in [0.25, 0.3) is 0 Å². The highest BCUT2D eigenvalue weighted by Crippen LogP contribution is 2.16. The molecule has 7 heteroatoms. The van der Waals surface area contributed by atoms with Gasteiger partial charge in [-0.15, -0.1) is 0 Å². The monoisotopic (exact) mass is 503 g/mol. The fraction of sp³-hybridized carbons (Fsp3) is 0.300. The Balaban J connectivity index is 1.81. The molecule has 0 aliphatic heterocycles. The predicted octanol–water partition coefficient (Wildman–Crippen LogP) is 5.53. The molecule has 0 saturated heterocycles. The Bertz CT molecular complexity index is 1070. The molecular formula is C30H33NO6. The summed E-state index contributed by atoms with van der Waals surface area (Å²) in [4.78, 5) is 41.0. The molecule has 0 heterocycles. The van der Waals surface area contributed by atoms with Crippen LogP contribution in [0.5, 0.6) is 0 Å². The Morgan fingerprint density at radius 1 is 0.649 bits per heavy atom. The largest absolute Gasteiger partial charge is 0.459 e. The summed E-state index contributed by atoms with van der Waals surface area (Å²) in [7, 11) is 0. The fourth-order valence-corrected chi connectivity index (χ4v) is 3.52. The van der Waals surface area contributed by atoms with Gasteiger partial charge in [0, 0.05) is 6.54 Å². The summed E-state index contributed by atoms with van der Waals surface area (Å²) < 4.78 is 16.5. The number of carbonyl (C=O) groups is 3. The van der Waals surface area contributed by atoms with E-state index in [1.807, 2.05) is 80.6 Å². The van der Waals surface area contributed by atoms with Gasteiger partial charge in [0.2, 0.25) is 6.04 Å². The van der Waals surface area contributed by atoms with Crippen molar-refractivity contribution >= 4 is 18.0 Å². The molecule has 3 aromatic rings. The summed E-state index contributed by atoms with van der Waals surface area (Å²) in [5, 5.41) is 0. The molecule has 194 valence electrons. The third kappa shape index (κ3) is 8.79. The van der Waals surface area contributed by atoms with Gasteiger partial charge in [-0.2, -0.15) is 0 Å². The predicted molar refractivity (Wildman–Crippen MR) is 139 cm³/mol. The van der Waals surface area contributed by atoms with Crippen LogP contribution in [-0.2, 0) is 43.6 Å². The second-order valence-electron chi connectivity index (χ2n) is 8.80. The smallest absolute Gasteiger partial charge is 0.411 e. The molecule has 37 heavy (non-hydrogen) atoms. The van der Waals surface area contributed by atoms with E-state index in [4.69, 9.17) is 14.2 Å². The molecule has 0 aliphatic carbocycles. The number of rotatable bonds is 12. The molecule has 1 atom stereocenters. The summed E-state index contributed by atoms with van der Waals surface area (Å²) in [6, 6.07) is 25.8. The zero-order valence-electron chi connectivity index (χ0n) is 21.2. The Morgan fingerprint density at radius 2 is 1.03 bits per heavy atom. The molecule has 3 aromatic carbocycles. The van der Waals surface area contributed by atoms with Crippen molar-refractivity contribution in [1.29, 1.82) is 0 Å². The third-order valence-electron chi connectivity index (χ3n) is 5.85. The van der Waals surface area contributed by atoms with Crippen LogP contribution in [0.2, 0.25) is 0 Å². The lowest BCUT2D eigenvalue weighted by atomic mass is 10.1. The van der Waals surface area contributed by atoms with Crippen LogP contribution in [-0.4, -0.2) is 35.5 Å². The molecule has 7 nitrogen and oxygen atoms in total. The average molecular weight is 504 g/mol. The second-order valence-corrected chi connectivity index (χ2v) is 8.80. The van der Waals surface area contributed by atoms with Gasteiger partial charge in [0.1, 0.15) is 19.8 Å². The molecule has 0 spiro atoms. The van der Waals surface area contributed by atoms with E-state index in [-0.39, 0.29) is 32.3 Å². The Kier molecular flexibility index (Phi) is 10.7. The van der Waals surface area contributed by atoms with E-state index in [9.17, 15) is 14.4 Å². The van der Waals surface area contributed by atoms with Crippen molar-refractivity contribution in [2.75, 3.05) is 6.54 Å². The number of carbonyl (C=O) groups excluding carboxylic acids is 3. The normalized spacial score (nSPS) is 11.4. The van der Waals surface area contributed by atoms with Crippen molar-refractivity contribution in [1.82, 2.24) is 4.90 Å². The third-order valence-corrected chi connectivity index (χ3v) is 5.85. The topological polar surface area (TPSA) is 82.1 Å². The number of esters is 2. The van der Waals surface area contributed by atoms with Gasteiger partial charge in [-0.3, -0.25) is 4.90 Å². The number of nitrogens with zero attached hydrogens (tertiary/aromatic N) is 1. The molecule has 0 N–H and O–H groups in total. The lowest BCUT2D eigenvalue weighted by molar-refractivity contribution is -0.165. The van der Waals surface area contributed by atoms with E-state index >= 15 is 0 Å². The highest BCUT2D eigenvalue weighted by atomic mass is 16.6. The molecular weight excluding hydrogens is 470 g/mol. The van der Waals surface area contributed by atoms with E-state index in [0.29, 0.717) is 0 Å². The first-order chi connectivity index (χ1) is 18.0. The van der Waals surface area contributed by atoms with Crippen LogP contribution in [0.4, 0.5) is 4.79 Å². The standard InChI is InChI=1S/C30H33NO6/c1-3-23(2)19-31(30(34)37-22-26-17-11-6-12-18-26)27(28(32)35-20-24-13-7-4-8-14-24)29(33)36-21-25-15-9-5-10-16-25/h4-18,23,27H,3,19-22H2,1-2H3. The number of ether oxygens (including phenoxy) is 3. The van der Waals surface area contributed by atoms with Crippen molar-refractivity contribution in [3.05, 3.63) is 108 Å². The SMILES string of the molecule is CCC(C)CN(C(=O)OCc1ccccc1)C(C(=O)OCc1ccccc1)C(=O)OCc1ccccc1. The van der Waals surface area contributed by atoms with Gasteiger partial charge >= 0.3 is 18.0 Å². The summed E-state index contributed by atoms with van der Waals surface area (Å²) in [6.45, 7) is 3.93. The van der Waals surface area contributed by atoms with Crippen LogP contribution in [0.1, 0.15) is 37.0 Å². The second kappa shape index (κ2) is 14.4. The van der Waals surface area contributed by atoms with Gasteiger partial charge < -0.3 is 14.2 Å². The molecule has 3 rings (SSSR count). The van der Waals surface area contributed by atoms with Crippen molar-refractivity contribution < 1.29 is 28.6 Å². The van der Waals surface area contributed by atoms with E-state index in [0.717, 1.165) is 28.0 Å². The van der Waals surface area contributed by atoms with Crippen LogP contribution in [0.15, 0.2) is 91.0 Å². The minimum absolute atomic E-state index is 0.00151. The molecule has 0 aliphatic rings. The molecule has 0 aromatic heterocycles. The van der Waals surface area contributed by atoms with Crippen molar-refractivity contribution in [2.45, 2.75) is 46.1 Å². The van der Waals surface area contributed by atoms with E-state index in [1.54, 1.807) is 24.3 Å².